The number of nitrogens with one attached hydrogen (secondary N) is 1. The zero-order valence-electron chi connectivity index (χ0n) is 15.4. The molecule has 1 N–H and O–H groups in total. The van der Waals surface area contributed by atoms with Gasteiger partial charge in [-0.15, -0.1) is 0 Å². The van der Waals surface area contributed by atoms with E-state index in [4.69, 9.17) is 4.74 Å². The standard InChI is InChI=1S/C21H22FN3O2/c1-13-11-25(12-14(2)27-13)17-6-4-16(5-7-17)23-10-19-18-8-3-15(22)9-20(18)24-21(19)26/h3-10,13-14,19H,11-12H2,1-2H3,(H,24,26). The monoisotopic (exact) mass is 367 g/mol. The molecule has 3 atom stereocenters. The minimum absolute atomic E-state index is 0.188. The van der Waals surface area contributed by atoms with Gasteiger partial charge in [0.05, 0.1) is 17.9 Å². The number of halogens is 1. The normalized spacial score (nSPS) is 24.9. The summed E-state index contributed by atoms with van der Waals surface area (Å²) >= 11 is 0. The third kappa shape index (κ3) is 3.71. The Labute approximate surface area is 157 Å². The largest absolute Gasteiger partial charge is 0.372 e. The Kier molecular flexibility index (Phi) is 4.66. The molecule has 4 rings (SSSR count). The van der Waals surface area contributed by atoms with Crippen LogP contribution in [0.1, 0.15) is 25.3 Å². The van der Waals surface area contributed by atoms with E-state index in [1.54, 1.807) is 12.3 Å². The molecule has 27 heavy (non-hydrogen) atoms. The number of carbonyl (C=O) groups excluding carboxylic acids is 1. The lowest BCUT2D eigenvalue weighted by atomic mass is 10.0. The summed E-state index contributed by atoms with van der Waals surface area (Å²) in [7, 11) is 0. The first-order chi connectivity index (χ1) is 13.0. The van der Waals surface area contributed by atoms with Crippen molar-refractivity contribution in [2.24, 2.45) is 4.99 Å². The molecule has 5 nitrogen and oxygen atoms in total. The number of nitrogens with zero attached hydrogens (tertiary/aromatic N) is 2. The van der Waals surface area contributed by atoms with Crippen molar-refractivity contribution in [1.29, 1.82) is 0 Å². The van der Waals surface area contributed by atoms with E-state index < -0.39 is 5.92 Å². The van der Waals surface area contributed by atoms with Gasteiger partial charge in [0.15, 0.2) is 0 Å². The number of amides is 1. The highest BCUT2D eigenvalue weighted by atomic mass is 19.1. The summed E-state index contributed by atoms with van der Waals surface area (Å²) in [5.41, 5.74) is 3.17. The van der Waals surface area contributed by atoms with Gasteiger partial charge in [0.25, 0.3) is 0 Å². The fourth-order valence-electron chi connectivity index (χ4n) is 3.71. The summed E-state index contributed by atoms with van der Waals surface area (Å²) in [6.45, 7) is 5.89. The second-order valence-electron chi connectivity index (χ2n) is 7.16. The summed E-state index contributed by atoms with van der Waals surface area (Å²) in [5, 5.41) is 2.70. The van der Waals surface area contributed by atoms with Gasteiger partial charge in [-0.3, -0.25) is 9.79 Å². The third-order valence-electron chi connectivity index (χ3n) is 4.90. The summed E-state index contributed by atoms with van der Waals surface area (Å²) in [4.78, 5) is 18.9. The molecule has 2 aliphatic rings. The molecule has 0 aliphatic carbocycles. The van der Waals surface area contributed by atoms with Crippen LogP contribution in [0.15, 0.2) is 47.5 Å². The summed E-state index contributed by atoms with van der Waals surface area (Å²) in [5.74, 6) is -1.05. The Balaban J connectivity index is 1.48. The Morgan fingerprint density at radius 3 is 2.56 bits per heavy atom. The molecule has 0 bridgehead atoms. The number of hydrogen-bond donors (Lipinski definition) is 1. The van der Waals surface area contributed by atoms with Crippen LogP contribution >= 0.6 is 0 Å². The summed E-state index contributed by atoms with van der Waals surface area (Å²) in [6, 6.07) is 12.3. The van der Waals surface area contributed by atoms with Crippen molar-refractivity contribution < 1.29 is 13.9 Å². The maximum Gasteiger partial charge on any atom is 0.237 e. The van der Waals surface area contributed by atoms with Gasteiger partial charge >= 0.3 is 0 Å². The third-order valence-corrected chi connectivity index (χ3v) is 4.90. The highest BCUT2D eigenvalue weighted by molar-refractivity contribution is 6.12. The molecule has 6 heteroatoms. The molecule has 0 aromatic heterocycles. The number of aliphatic imine (C=N–C) groups is 1. The lowest BCUT2D eigenvalue weighted by Gasteiger charge is -2.36. The van der Waals surface area contributed by atoms with Crippen LogP contribution in [-0.4, -0.2) is 37.4 Å². The van der Waals surface area contributed by atoms with Crippen molar-refractivity contribution >= 4 is 29.2 Å². The van der Waals surface area contributed by atoms with Gasteiger partial charge in [0.1, 0.15) is 11.7 Å². The molecule has 2 heterocycles. The van der Waals surface area contributed by atoms with E-state index in [1.165, 1.54) is 12.1 Å². The topological polar surface area (TPSA) is 53.9 Å². The van der Waals surface area contributed by atoms with Crippen molar-refractivity contribution in [3.05, 3.63) is 53.8 Å². The first-order valence-electron chi connectivity index (χ1n) is 9.14. The average Bonchev–Trinajstić information content (AvgIpc) is 2.93. The molecule has 0 radical (unpaired) electrons. The average molecular weight is 367 g/mol. The number of rotatable bonds is 3. The van der Waals surface area contributed by atoms with Crippen LogP contribution in [0.3, 0.4) is 0 Å². The van der Waals surface area contributed by atoms with E-state index in [-0.39, 0.29) is 23.9 Å². The fraction of sp³-hybridized carbons (Fsp3) is 0.333. The number of ether oxygens (including phenoxy) is 1. The number of benzene rings is 2. The van der Waals surface area contributed by atoms with Gasteiger partial charge in [0.2, 0.25) is 5.91 Å². The zero-order chi connectivity index (χ0) is 19.0. The summed E-state index contributed by atoms with van der Waals surface area (Å²) in [6.07, 6.45) is 2.03. The van der Waals surface area contributed by atoms with Gasteiger partial charge in [-0.2, -0.15) is 0 Å². The van der Waals surface area contributed by atoms with E-state index in [0.29, 0.717) is 5.69 Å². The van der Waals surface area contributed by atoms with E-state index in [0.717, 1.165) is 30.0 Å². The zero-order valence-corrected chi connectivity index (χ0v) is 15.4. The highest BCUT2D eigenvalue weighted by Gasteiger charge is 2.29. The second kappa shape index (κ2) is 7.12. The van der Waals surface area contributed by atoms with Crippen LogP contribution in [-0.2, 0) is 9.53 Å². The number of anilines is 2. The van der Waals surface area contributed by atoms with Crippen LogP contribution in [0.4, 0.5) is 21.5 Å². The number of carbonyl (C=O) groups is 1. The molecule has 0 spiro atoms. The lowest BCUT2D eigenvalue weighted by Crippen LogP contribution is -2.45. The van der Waals surface area contributed by atoms with Gasteiger partial charge in [0, 0.05) is 30.7 Å². The highest BCUT2D eigenvalue weighted by Crippen LogP contribution is 2.32. The van der Waals surface area contributed by atoms with Crippen molar-refractivity contribution in [3.8, 4) is 0 Å². The van der Waals surface area contributed by atoms with Gasteiger partial charge in [-0.1, -0.05) is 6.07 Å². The van der Waals surface area contributed by atoms with Crippen LogP contribution in [0.25, 0.3) is 0 Å². The molecule has 140 valence electrons. The van der Waals surface area contributed by atoms with E-state index in [9.17, 15) is 9.18 Å². The van der Waals surface area contributed by atoms with E-state index >= 15 is 0 Å². The fourth-order valence-corrected chi connectivity index (χ4v) is 3.71. The Bertz CT molecular complexity index is 871. The first kappa shape index (κ1) is 17.7. The first-order valence-corrected chi connectivity index (χ1v) is 9.14. The predicted octanol–water partition coefficient (Wildman–Crippen LogP) is 3.88. The minimum Gasteiger partial charge on any atom is -0.372 e. The van der Waals surface area contributed by atoms with Gasteiger partial charge in [-0.05, 0) is 55.8 Å². The number of hydrogen-bond acceptors (Lipinski definition) is 4. The smallest absolute Gasteiger partial charge is 0.237 e. The van der Waals surface area contributed by atoms with Crippen molar-refractivity contribution in [1.82, 2.24) is 0 Å². The quantitative estimate of drug-likeness (QED) is 0.838. The SMILES string of the molecule is CC1CN(c2ccc(N=CC3C(=O)Nc4cc(F)ccc43)cc2)CC(C)O1. The number of fused-ring (bicyclic) bond motifs is 1. The van der Waals surface area contributed by atoms with Crippen molar-refractivity contribution in [3.63, 3.8) is 0 Å². The molecule has 1 amide bonds. The van der Waals surface area contributed by atoms with E-state index in [2.05, 4.69) is 29.1 Å². The molecular formula is C21H22FN3O2. The maximum atomic E-state index is 13.3. The van der Waals surface area contributed by atoms with Gasteiger partial charge < -0.3 is 15.0 Å². The predicted molar refractivity (Wildman–Crippen MR) is 105 cm³/mol. The Morgan fingerprint density at radius 1 is 1.15 bits per heavy atom. The molecule has 1 fully saturated rings. The van der Waals surface area contributed by atoms with E-state index in [1.807, 2.05) is 24.3 Å². The van der Waals surface area contributed by atoms with Crippen molar-refractivity contribution in [2.75, 3.05) is 23.3 Å². The number of morpholine rings is 1. The molecular weight excluding hydrogens is 345 g/mol. The molecule has 2 aromatic rings. The molecule has 3 unspecified atom stereocenters. The van der Waals surface area contributed by atoms with Crippen LogP contribution in [0.2, 0.25) is 0 Å². The summed E-state index contributed by atoms with van der Waals surface area (Å²) < 4.78 is 19.1. The van der Waals surface area contributed by atoms with Crippen LogP contribution in [0, 0.1) is 5.82 Å². The molecule has 2 aliphatic heterocycles. The lowest BCUT2D eigenvalue weighted by molar-refractivity contribution is -0.115. The van der Waals surface area contributed by atoms with Crippen LogP contribution < -0.4 is 10.2 Å². The molecule has 1 saturated heterocycles. The Morgan fingerprint density at radius 2 is 1.85 bits per heavy atom. The molecule has 0 saturated carbocycles. The Hall–Kier alpha value is -2.73. The van der Waals surface area contributed by atoms with Crippen LogP contribution in [0.5, 0.6) is 0 Å². The maximum absolute atomic E-state index is 13.3. The van der Waals surface area contributed by atoms with Gasteiger partial charge in [-0.25, -0.2) is 4.39 Å². The second-order valence-corrected chi connectivity index (χ2v) is 7.16. The minimum atomic E-state index is -0.499. The molecule has 2 aromatic carbocycles. The van der Waals surface area contributed by atoms with Crippen molar-refractivity contribution in [2.45, 2.75) is 32.0 Å².